The Balaban J connectivity index is 2.24. The van der Waals surface area contributed by atoms with E-state index in [-0.39, 0.29) is 0 Å². The molecule has 1 nitrogen and oxygen atoms in total. The molecule has 0 aliphatic carbocycles. The van der Waals surface area contributed by atoms with E-state index in [9.17, 15) is 0 Å². The molecule has 1 aliphatic heterocycles. The minimum atomic E-state index is 0.453. The lowest BCUT2D eigenvalue weighted by molar-refractivity contribution is 0.106. The van der Waals surface area contributed by atoms with Gasteiger partial charge in [-0.2, -0.15) is 0 Å². The molecule has 0 amide bonds. The highest BCUT2D eigenvalue weighted by molar-refractivity contribution is 14.1. The van der Waals surface area contributed by atoms with Crippen LogP contribution in [0, 0.1) is 17.3 Å². The van der Waals surface area contributed by atoms with Crippen LogP contribution in [0.15, 0.2) is 0 Å². The molecular formula is C14H27IO. The van der Waals surface area contributed by atoms with Crippen molar-refractivity contribution >= 4 is 22.6 Å². The molecule has 0 saturated carbocycles. The van der Waals surface area contributed by atoms with Crippen molar-refractivity contribution in [1.82, 2.24) is 0 Å². The summed E-state index contributed by atoms with van der Waals surface area (Å²) in [6.07, 6.45) is 5.77. The van der Waals surface area contributed by atoms with Crippen LogP contribution in [-0.4, -0.2) is 10.2 Å². The zero-order valence-electron chi connectivity index (χ0n) is 11.4. The van der Waals surface area contributed by atoms with Crippen LogP contribution in [-0.2, 0) is 4.74 Å². The maximum absolute atomic E-state index is 5.79. The second-order valence-corrected chi connectivity index (χ2v) is 7.97. The molecule has 0 bridgehead atoms. The first-order valence-electron chi connectivity index (χ1n) is 6.57. The fourth-order valence-electron chi connectivity index (χ4n) is 2.82. The molecule has 16 heavy (non-hydrogen) atoms. The standard InChI is InChI=1S/C14H27IO/c1-10(9-14(3,4)5)6-7-12-8-11(2)16-13(12)15/h10-13H,6-9H2,1-5H3/t10-,11?,12+,13?/m0/s1. The average molecular weight is 338 g/mol. The SMILES string of the molecule is CC1C[C@@H](CC[C@H](C)CC(C)(C)C)C(I)O1. The van der Waals surface area contributed by atoms with Gasteiger partial charge in [-0.3, -0.25) is 0 Å². The molecular weight excluding hydrogens is 311 g/mol. The highest BCUT2D eigenvalue weighted by atomic mass is 127. The van der Waals surface area contributed by atoms with Crippen LogP contribution in [0.1, 0.15) is 60.3 Å². The van der Waals surface area contributed by atoms with E-state index >= 15 is 0 Å². The minimum absolute atomic E-state index is 0.453. The first-order valence-corrected chi connectivity index (χ1v) is 7.82. The first-order chi connectivity index (χ1) is 7.28. The van der Waals surface area contributed by atoms with Crippen LogP contribution >= 0.6 is 22.6 Å². The van der Waals surface area contributed by atoms with E-state index < -0.39 is 0 Å². The smallest absolute Gasteiger partial charge is 0.112 e. The van der Waals surface area contributed by atoms with Crippen LogP contribution in [0.5, 0.6) is 0 Å². The molecule has 0 spiro atoms. The Morgan fingerprint density at radius 2 is 2.00 bits per heavy atom. The molecule has 0 N–H and O–H groups in total. The average Bonchev–Trinajstić information content (AvgIpc) is 2.38. The van der Waals surface area contributed by atoms with Gasteiger partial charge in [-0.05, 0) is 43.4 Å². The van der Waals surface area contributed by atoms with Gasteiger partial charge in [0.15, 0.2) is 0 Å². The Labute approximate surface area is 115 Å². The third-order valence-corrected chi connectivity index (χ3v) is 4.67. The molecule has 2 unspecified atom stereocenters. The Bertz CT molecular complexity index is 209. The summed E-state index contributed by atoms with van der Waals surface area (Å²) in [5.41, 5.74) is 0.475. The lowest BCUT2D eigenvalue weighted by Gasteiger charge is -2.24. The Kier molecular flexibility index (Phi) is 5.56. The first kappa shape index (κ1) is 14.7. The lowest BCUT2D eigenvalue weighted by atomic mass is 9.82. The quantitative estimate of drug-likeness (QED) is 0.516. The zero-order chi connectivity index (χ0) is 12.3. The molecule has 1 aliphatic rings. The van der Waals surface area contributed by atoms with Crippen LogP contribution in [0.3, 0.4) is 0 Å². The van der Waals surface area contributed by atoms with Gasteiger partial charge in [-0.15, -0.1) is 0 Å². The van der Waals surface area contributed by atoms with E-state index in [1.165, 1.54) is 25.7 Å². The van der Waals surface area contributed by atoms with Gasteiger partial charge in [-0.25, -0.2) is 0 Å². The van der Waals surface area contributed by atoms with E-state index in [1.54, 1.807) is 0 Å². The van der Waals surface area contributed by atoms with Gasteiger partial charge < -0.3 is 4.74 Å². The molecule has 0 radical (unpaired) electrons. The Morgan fingerprint density at radius 3 is 2.44 bits per heavy atom. The van der Waals surface area contributed by atoms with Crippen LogP contribution < -0.4 is 0 Å². The summed E-state index contributed by atoms with van der Waals surface area (Å²) in [6, 6.07) is 0. The van der Waals surface area contributed by atoms with Crippen molar-refractivity contribution in [2.24, 2.45) is 17.3 Å². The van der Waals surface area contributed by atoms with E-state index in [2.05, 4.69) is 57.2 Å². The van der Waals surface area contributed by atoms with Crippen molar-refractivity contribution in [3.8, 4) is 0 Å². The monoisotopic (exact) mass is 338 g/mol. The fraction of sp³-hybridized carbons (Fsp3) is 1.00. The van der Waals surface area contributed by atoms with Crippen molar-refractivity contribution in [2.75, 3.05) is 0 Å². The second kappa shape index (κ2) is 6.03. The minimum Gasteiger partial charge on any atom is -0.365 e. The predicted octanol–water partition coefficient (Wildman–Crippen LogP) is 5.03. The maximum Gasteiger partial charge on any atom is 0.112 e. The van der Waals surface area contributed by atoms with Gasteiger partial charge in [0.05, 0.1) is 6.10 Å². The summed E-state index contributed by atoms with van der Waals surface area (Å²) in [5, 5.41) is 0. The third kappa shape index (κ3) is 5.35. The summed E-state index contributed by atoms with van der Waals surface area (Å²) in [7, 11) is 0. The largest absolute Gasteiger partial charge is 0.365 e. The van der Waals surface area contributed by atoms with Crippen molar-refractivity contribution in [3.05, 3.63) is 0 Å². The second-order valence-electron chi connectivity index (χ2n) is 6.74. The molecule has 4 atom stereocenters. The van der Waals surface area contributed by atoms with Gasteiger partial charge in [-0.1, -0.05) is 56.7 Å². The van der Waals surface area contributed by atoms with Gasteiger partial charge >= 0.3 is 0 Å². The number of hydrogen-bond donors (Lipinski definition) is 0. The lowest BCUT2D eigenvalue weighted by Crippen LogP contribution is -2.14. The zero-order valence-corrected chi connectivity index (χ0v) is 13.6. The predicted molar refractivity (Wildman–Crippen MR) is 78.9 cm³/mol. The van der Waals surface area contributed by atoms with Crippen molar-refractivity contribution < 1.29 is 4.74 Å². The number of alkyl halides is 1. The third-order valence-electron chi connectivity index (χ3n) is 3.36. The number of hydrogen-bond acceptors (Lipinski definition) is 1. The van der Waals surface area contributed by atoms with E-state index in [4.69, 9.17) is 4.74 Å². The molecule has 0 aromatic heterocycles. The summed E-state index contributed by atoms with van der Waals surface area (Å²) in [4.78, 5) is 0. The van der Waals surface area contributed by atoms with Crippen LogP contribution in [0.25, 0.3) is 0 Å². The van der Waals surface area contributed by atoms with Crippen molar-refractivity contribution in [1.29, 1.82) is 0 Å². The highest BCUT2D eigenvalue weighted by Crippen LogP contribution is 2.36. The summed E-state index contributed by atoms with van der Waals surface area (Å²) >= 11 is 2.46. The summed E-state index contributed by atoms with van der Waals surface area (Å²) in [6.45, 7) is 11.6. The van der Waals surface area contributed by atoms with Gasteiger partial charge in [0.2, 0.25) is 0 Å². The molecule has 1 saturated heterocycles. The van der Waals surface area contributed by atoms with Crippen LogP contribution in [0.4, 0.5) is 0 Å². The van der Waals surface area contributed by atoms with E-state index in [1.807, 2.05) is 0 Å². The van der Waals surface area contributed by atoms with Crippen molar-refractivity contribution in [2.45, 2.75) is 70.5 Å². The Hall–Kier alpha value is 0.690. The fourth-order valence-corrected chi connectivity index (χ4v) is 3.97. The van der Waals surface area contributed by atoms with Gasteiger partial charge in [0, 0.05) is 0 Å². The molecule has 1 rings (SSSR count). The van der Waals surface area contributed by atoms with Crippen LogP contribution in [0.2, 0.25) is 0 Å². The number of ether oxygens (including phenoxy) is 1. The summed E-state index contributed by atoms with van der Waals surface area (Å²) in [5.74, 6) is 1.64. The number of rotatable bonds is 4. The molecule has 0 aromatic rings. The van der Waals surface area contributed by atoms with Gasteiger partial charge in [0.25, 0.3) is 0 Å². The molecule has 2 heteroatoms. The van der Waals surface area contributed by atoms with Crippen molar-refractivity contribution in [3.63, 3.8) is 0 Å². The van der Waals surface area contributed by atoms with E-state index in [0.29, 0.717) is 15.6 Å². The highest BCUT2D eigenvalue weighted by Gasteiger charge is 2.30. The Morgan fingerprint density at radius 1 is 1.38 bits per heavy atom. The summed E-state index contributed by atoms with van der Waals surface area (Å²) < 4.78 is 6.25. The van der Waals surface area contributed by atoms with Gasteiger partial charge in [0.1, 0.15) is 4.11 Å². The topological polar surface area (TPSA) is 9.23 Å². The molecule has 1 heterocycles. The van der Waals surface area contributed by atoms with E-state index in [0.717, 1.165) is 11.8 Å². The maximum atomic E-state index is 5.79. The molecule has 0 aromatic carbocycles. The molecule has 96 valence electrons. The molecule has 1 fully saturated rings. The normalized spacial score (nSPS) is 33.0. The number of halogens is 1.